The average molecular weight is 438 g/mol. The van der Waals surface area contributed by atoms with Crippen molar-refractivity contribution < 1.29 is 14.3 Å². The molecule has 3 aromatic rings. The first-order valence-corrected chi connectivity index (χ1v) is 10.1. The van der Waals surface area contributed by atoms with Crippen LogP contribution >= 0.6 is 34.5 Å². The molecule has 0 aliphatic rings. The molecule has 1 unspecified atom stereocenters. The van der Waals surface area contributed by atoms with E-state index in [1.165, 1.54) is 0 Å². The van der Waals surface area contributed by atoms with Crippen LogP contribution in [-0.4, -0.2) is 35.4 Å². The normalized spacial score (nSPS) is 11.7. The maximum absolute atomic E-state index is 12.1. The minimum atomic E-state index is -0.719. The number of nitrogens with zero attached hydrogens (tertiary/aromatic N) is 2. The molecule has 2 aromatic heterocycles. The van der Waals surface area contributed by atoms with Crippen molar-refractivity contribution in [3.63, 3.8) is 0 Å². The number of benzene rings is 1. The minimum absolute atomic E-state index is 0.257. The number of thiophene rings is 1. The standard InChI is InChI=1S/C19H17Cl2N3O3S/c1-12(27-16-6-4-13(20)11-14(16)21)19(25)22-8-9-26-18-7-5-15(23-24-18)17-3-2-10-28-17/h2-7,10-12H,8-9H2,1H3,(H,22,25). The third-order valence-electron chi connectivity index (χ3n) is 3.63. The van der Waals surface area contributed by atoms with Crippen LogP contribution in [0.2, 0.25) is 10.0 Å². The monoisotopic (exact) mass is 437 g/mol. The Bertz CT molecular complexity index is 921. The Morgan fingerprint density at radius 2 is 2.07 bits per heavy atom. The van der Waals surface area contributed by atoms with Crippen LogP contribution in [0.1, 0.15) is 6.92 Å². The van der Waals surface area contributed by atoms with Crippen LogP contribution in [-0.2, 0) is 4.79 Å². The van der Waals surface area contributed by atoms with Crippen LogP contribution in [0, 0.1) is 0 Å². The molecule has 9 heteroatoms. The summed E-state index contributed by atoms with van der Waals surface area (Å²) in [6.07, 6.45) is -0.719. The summed E-state index contributed by atoms with van der Waals surface area (Å²) in [7, 11) is 0. The van der Waals surface area contributed by atoms with Gasteiger partial charge in [-0.05, 0) is 42.6 Å². The Balaban J connectivity index is 1.41. The second-order valence-corrected chi connectivity index (χ2v) is 7.50. The Kier molecular flexibility index (Phi) is 7.08. The highest BCUT2D eigenvalue weighted by Crippen LogP contribution is 2.28. The van der Waals surface area contributed by atoms with Gasteiger partial charge in [0.15, 0.2) is 6.10 Å². The number of hydrogen-bond acceptors (Lipinski definition) is 6. The van der Waals surface area contributed by atoms with Crippen molar-refractivity contribution in [3.05, 3.63) is 57.9 Å². The molecule has 0 aliphatic heterocycles. The van der Waals surface area contributed by atoms with E-state index in [-0.39, 0.29) is 12.5 Å². The van der Waals surface area contributed by atoms with E-state index < -0.39 is 6.10 Å². The quantitative estimate of drug-likeness (QED) is 0.526. The van der Waals surface area contributed by atoms with Crippen LogP contribution < -0.4 is 14.8 Å². The zero-order valence-electron chi connectivity index (χ0n) is 14.9. The summed E-state index contributed by atoms with van der Waals surface area (Å²) < 4.78 is 11.1. The smallest absolute Gasteiger partial charge is 0.260 e. The van der Waals surface area contributed by atoms with Crippen LogP contribution in [0.25, 0.3) is 10.6 Å². The lowest BCUT2D eigenvalue weighted by Crippen LogP contribution is -2.38. The van der Waals surface area contributed by atoms with Gasteiger partial charge in [0.2, 0.25) is 5.88 Å². The van der Waals surface area contributed by atoms with Gasteiger partial charge in [-0.25, -0.2) is 0 Å². The van der Waals surface area contributed by atoms with Gasteiger partial charge in [0, 0.05) is 11.1 Å². The first-order valence-electron chi connectivity index (χ1n) is 8.43. The molecule has 28 heavy (non-hydrogen) atoms. The van der Waals surface area contributed by atoms with E-state index in [9.17, 15) is 4.79 Å². The second-order valence-electron chi connectivity index (χ2n) is 5.71. The average Bonchev–Trinajstić information content (AvgIpc) is 3.22. The van der Waals surface area contributed by atoms with Gasteiger partial charge in [-0.2, -0.15) is 0 Å². The third kappa shape index (κ3) is 5.58. The summed E-state index contributed by atoms with van der Waals surface area (Å²) in [5.41, 5.74) is 0.794. The van der Waals surface area contributed by atoms with E-state index in [4.69, 9.17) is 32.7 Å². The molecular formula is C19H17Cl2N3O3S. The van der Waals surface area contributed by atoms with Crippen molar-refractivity contribution >= 4 is 40.4 Å². The molecule has 0 radical (unpaired) electrons. The highest BCUT2D eigenvalue weighted by Gasteiger charge is 2.16. The molecule has 6 nitrogen and oxygen atoms in total. The number of carbonyl (C=O) groups is 1. The Hall–Kier alpha value is -2.35. The van der Waals surface area contributed by atoms with E-state index in [1.54, 1.807) is 42.5 Å². The molecule has 0 saturated heterocycles. The highest BCUT2D eigenvalue weighted by atomic mass is 35.5. The van der Waals surface area contributed by atoms with E-state index in [2.05, 4.69) is 15.5 Å². The van der Waals surface area contributed by atoms with Crippen molar-refractivity contribution in [2.24, 2.45) is 0 Å². The molecule has 0 bridgehead atoms. The number of halogens is 2. The van der Waals surface area contributed by atoms with Crippen molar-refractivity contribution in [3.8, 4) is 22.2 Å². The molecule has 1 aromatic carbocycles. The van der Waals surface area contributed by atoms with Gasteiger partial charge in [-0.1, -0.05) is 29.3 Å². The largest absolute Gasteiger partial charge is 0.479 e. The zero-order valence-corrected chi connectivity index (χ0v) is 17.2. The van der Waals surface area contributed by atoms with Crippen molar-refractivity contribution in [2.45, 2.75) is 13.0 Å². The summed E-state index contributed by atoms with van der Waals surface area (Å²) in [5.74, 6) is 0.506. The van der Waals surface area contributed by atoms with Gasteiger partial charge in [-0.3, -0.25) is 4.79 Å². The summed E-state index contributed by atoms with van der Waals surface area (Å²) in [6.45, 7) is 2.19. The van der Waals surface area contributed by atoms with Gasteiger partial charge in [0.1, 0.15) is 18.1 Å². The number of rotatable bonds is 8. The third-order valence-corrected chi connectivity index (χ3v) is 5.05. The fourth-order valence-corrected chi connectivity index (χ4v) is 3.38. The van der Waals surface area contributed by atoms with Crippen LogP contribution in [0.5, 0.6) is 11.6 Å². The molecule has 146 valence electrons. The van der Waals surface area contributed by atoms with E-state index in [0.29, 0.717) is 28.2 Å². The van der Waals surface area contributed by atoms with E-state index in [0.717, 1.165) is 10.6 Å². The molecule has 0 spiro atoms. The lowest BCUT2D eigenvalue weighted by Gasteiger charge is -2.15. The molecule has 1 amide bonds. The number of aromatic nitrogens is 2. The van der Waals surface area contributed by atoms with E-state index in [1.807, 2.05) is 23.6 Å². The van der Waals surface area contributed by atoms with Gasteiger partial charge in [0.05, 0.1) is 16.4 Å². The molecule has 0 saturated carbocycles. The van der Waals surface area contributed by atoms with Crippen molar-refractivity contribution in [1.29, 1.82) is 0 Å². The number of nitrogens with one attached hydrogen (secondary N) is 1. The first-order chi connectivity index (χ1) is 13.5. The maximum atomic E-state index is 12.1. The van der Waals surface area contributed by atoms with Gasteiger partial charge < -0.3 is 14.8 Å². The van der Waals surface area contributed by atoms with Crippen LogP contribution in [0.15, 0.2) is 47.8 Å². The Morgan fingerprint density at radius 1 is 1.21 bits per heavy atom. The highest BCUT2D eigenvalue weighted by molar-refractivity contribution is 7.13. The van der Waals surface area contributed by atoms with Gasteiger partial charge in [-0.15, -0.1) is 21.5 Å². The van der Waals surface area contributed by atoms with Crippen LogP contribution in [0.3, 0.4) is 0 Å². The maximum Gasteiger partial charge on any atom is 0.260 e. The first kappa shape index (κ1) is 20.4. The summed E-state index contributed by atoms with van der Waals surface area (Å²) in [5, 5.41) is 13.7. The molecule has 0 fully saturated rings. The fourth-order valence-electron chi connectivity index (χ4n) is 2.24. The fraction of sp³-hybridized carbons (Fsp3) is 0.211. The van der Waals surface area contributed by atoms with E-state index >= 15 is 0 Å². The minimum Gasteiger partial charge on any atom is -0.479 e. The van der Waals surface area contributed by atoms with Crippen LogP contribution in [0.4, 0.5) is 0 Å². The van der Waals surface area contributed by atoms with Crippen molar-refractivity contribution in [1.82, 2.24) is 15.5 Å². The summed E-state index contributed by atoms with van der Waals surface area (Å²) in [4.78, 5) is 13.2. The Labute approximate surface area is 176 Å². The number of hydrogen-bond donors (Lipinski definition) is 1. The molecule has 0 aliphatic carbocycles. The van der Waals surface area contributed by atoms with Gasteiger partial charge in [0.25, 0.3) is 5.91 Å². The summed E-state index contributed by atoms with van der Waals surface area (Å²) in [6, 6.07) is 12.4. The van der Waals surface area contributed by atoms with Gasteiger partial charge >= 0.3 is 0 Å². The molecule has 2 heterocycles. The number of carbonyl (C=O) groups excluding carboxylic acids is 1. The predicted octanol–water partition coefficient (Wildman–Crippen LogP) is 4.47. The second kappa shape index (κ2) is 9.73. The Morgan fingerprint density at radius 3 is 2.75 bits per heavy atom. The predicted molar refractivity (Wildman–Crippen MR) is 110 cm³/mol. The molecule has 1 N–H and O–H groups in total. The van der Waals surface area contributed by atoms with Crippen molar-refractivity contribution in [2.75, 3.05) is 13.2 Å². The number of amides is 1. The molecular weight excluding hydrogens is 421 g/mol. The molecule has 1 atom stereocenters. The lowest BCUT2D eigenvalue weighted by molar-refractivity contribution is -0.127. The topological polar surface area (TPSA) is 73.3 Å². The number of ether oxygens (including phenoxy) is 2. The summed E-state index contributed by atoms with van der Waals surface area (Å²) >= 11 is 13.5. The lowest BCUT2D eigenvalue weighted by atomic mass is 10.3. The SMILES string of the molecule is CC(Oc1ccc(Cl)cc1Cl)C(=O)NCCOc1ccc(-c2cccs2)nn1. The zero-order chi connectivity index (χ0) is 19.9. The molecule has 3 rings (SSSR count).